The summed E-state index contributed by atoms with van der Waals surface area (Å²) in [5, 5.41) is 18.6. The molecule has 2 nitrogen and oxygen atoms in total. The Kier molecular flexibility index (Phi) is 4.61. The molecule has 2 N–H and O–H groups in total. The van der Waals surface area contributed by atoms with E-state index in [-0.39, 0.29) is 11.5 Å². The van der Waals surface area contributed by atoms with Crippen molar-refractivity contribution in [3.05, 3.63) is 72.8 Å². The summed E-state index contributed by atoms with van der Waals surface area (Å²) >= 11 is 3.32. The number of hydrogen-bond donors (Lipinski definition) is 2. The van der Waals surface area contributed by atoms with Gasteiger partial charge in [0.25, 0.3) is 0 Å². The molecule has 0 bridgehead atoms. The first kappa shape index (κ1) is 14.9. The number of benzene rings is 3. The summed E-state index contributed by atoms with van der Waals surface area (Å²) in [6.45, 7) is 0. The molecule has 0 aliphatic heterocycles. The molecule has 4 heteroatoms. The first-order valence-electron chi connectivity index (χ1n) is 6.73. The molecule has 0 atom stereocenters. The van der Waals surface area contributed by atoms with Crippen molar-refractivity contribution in [1.29, 1.82) is 0 Å². The van der Waals surface area contributed by atoms with Crippen LogP contribution in [0.5, 0.6) is 11.5 Å². The van der Waals surface area contributed by atoms with Gasteiger partial charge in [-0.15, -0.1) is 0 Å². The standard InChI is InChI=1S/C18H14O2S2/c19-13-1-5-15(6-2-13)21-17-9-11-18(12-10-17)22-16-7-3-14(20)4-8-16/h1-12,19-20H. The predicted molar refractivity (Wildman–Crippen MR) is 90.9 cm³/mol. The third-order valence-electron chi connectivity index (χ3n) is 2.97. The van der Waals surface area contributed by atoms with Gasteiger partial charge in [0.05, 0.1) is 0 Å². The van der Waals surface area contributed by atoms with Crippen molar-refractivity contribution in [3.63, 3.8) is 0 Å². The Morgan fingerprint density at radius 1 is 0.409 bits per heavy atom. The summed E-state index contributed by atoms with van der Waals surface area (Å²) in [6, 6.07) is 22.7. The van der Waals surface area contributed by atoms with Gasteiger partial charge >= 0.3 is 0 Å². The number of aromatic hydroxyl groups is 2. The molecule has 0 aliphatic rings. The molecule has 3 rings (SSSR count). The van der Waals surface area contributed by atoms with Crippen molar-refractivity contribution in [2.45, 2.75) is 19.6 Å². The summed E-state index contributed by atoms with van der Waals surface area (Å²) < 4.78 is 0. The zero-order valence-electron chi connectivity index (χ0n) is 11.6. The molecule has 3 aromatic rings. The molecule has 0 saturated heterocycles. The third-order valence-corrected chi connectivity index (χ3v) is 5.00. The van der Waals surface area contributed by atoms with E-state index >= 15 is 0 Å². The van der Waals surface area contributed by atoms with E-state index in [1.54, 1.807) is 47.8 Å². The highest BCUT2D eigenvalue weighted by Gasteiger charge is 2.01. The average molecular weight is 326 g/mol. The molecule has 0 aliphatic carbocycles. The zero-order chi connectivity index (χ0) is 15.4. The summed E-state index contributed by atoms with van der Waals surface area (Å²) in [7, 11) is 0. The third kappa shape index (κ3) is 4.00. The maximum Gasteiger partial charge on any atom is 0.115 e. The molecular weight excluding hydrogens is 312 g/mol. The van der Waals surface area contributed by atoms with Crippen LogP contribution in [0.3, 0.4) is 0 Å². The summed E-state index contributed by atoms with van der Waals surface area (Å²) in [6.07, 6.45) is 0. The van der Waals surface area contributed by atoms with Crippen LogP contribution in [-0.4, -0.2) is 10.2 Å². The maximum atomic E-state index is 9.29. The second-order valence-electron chi connectivity index (χ2n) is 4.66. The van der Waals surface area contributed by atoms with Crippen LogP contribution >= 0.6 is 23.5 Å². The Hall–Kier alpha value is -2.04. The molecular formula is C18H14O2S2. The molecule has 0 amide bonds. The van der Waals surface area contributed by atoms with Gasteiger partial charge in [0.15, 0.2) is 0 Å². The molecule has 0 aromatic heterocycles. The lowest BCUT2D eigenvalue weighted by Crippen LogP contribution is -1.76. The monoisotopic (exact) mass is 326 g/mol. The predicted octanol–water partition coefficient (Wildman–Crippen LogP) is 5.40. The number of hydrogen-bond acceptors (Lipinski definition) is 4. The Balaban J connectivity index is 1.67. The van der Waals surface area contributed by atoms with E-state index in [4.69, 9.17) is 0 Å². The minimum atomic E-state index is 0.282. The normalized spacial score (nSPS) is 10.5. The van der Waals surface area contributed by atoms with Crippen molar-refractivity contribution in [3.8, 4) is 11.5 Å². The van der Waals surface area contributed by atoms with Crippen LogP contribution in [0.4, 0.5) is 0 Å². The molecule has 3 aromatic carbocycles. The van der Waals surface area contributed by atoms with Gasteiger partial charge < -0.3 is 10.2 Å². The van der Waals surface area contributed by atoms with Gasteiger partial charge in [-0.1, -0.05) is 23.5 Å². The summed E-state index contributed by atoms with van der Waals surface area (Å²) in [4.78, 5) is 4.50. The number of phenols is 2. The highest BCUT2D eigenvalue weighted by Crippen LogP contribution is 2.33. The highest BCUT2D eigenvalue weighted by atomic mass is 32.2. The Labute approximate surface area is 137 Å². The fraction of sp³-hybridized carbons (Fsp3) is 0. The number of phenolic OH excluding ortho intramolecular Hbond substituents is 2. The van der Waals surface area contributed by atoms with Crippen LogP contribution in [0.1, 0.15) is 0 Å². The van der Waals surface area contributed by atoms with E-state index in [1.807, 2.05) is 24.3 Å². The van der Waals surface area contributed by atoms with Gasteiger partial charge in [-0.05, 0) is 72.8 Å². The van der Waals surface area contributed by atoms with Crippen LogP contribution in [0.15, 0.2) is 92.4 Å². The van der Waals surface area contributed by atoms with Gasteiger partial charge in [-0.25, -0.2) is 0 Å². The van der Waals surface area contributed by atoms with Gasteiger partial charge in [0, 0.05) is 19.6 Å². The second kappa shape index (κ2) is 6.81. The summed E-state index contributed by atoms with van der Waals surface area (Å²) in [5.74, 6) is 0.565. The van der Waals surface area contributed by atoms with Crippen molar-refractivity contribution >= 4 is 23.5 Å². The minimum Gasteiger partial charge on any atom is -0.508 e. The van der Waals surface area contributed by atoms with E-state index in [2.05, 4.69) is 24.3 Å². The van der Waals surface area contributed by atoms with Crippen LogP contribution in [0.25, 0.3) is 0 Å². The maximum absolute atomic E-state index is 9.29. The lowest BCUT2D eigenvalue weighted by atomic mass is 10.3. The Bertz CT molecular complexity index is 669. The van der Waals surface area contributed by atoms with Gasteiger partial charge in [0.1, 0.15) is 11.5 Å². The lowest BCUT2D eigenvalue weighted by Gasteiger charge is -2.05. The molecule has 22 heavy (non-hydrogen) atoms. The number of rotatable bonds is 4. The second-order valence-corrected chi connectivity index (χ2v) is 6.96. The van der Waals surface area contributed by atoms with Crippen molar-refractivity contribution in [1.82, 2.24) is 0 Å². The van der Waals surface area contributed by atoms with Crippen molar-refractivity contribution < 1.29 is 10.2 Å². The van der Waals surface area contributed by atoms with Gasteiger partial charge in [0.2, 0.25) is 0 Å². The average Bonchev–Trinajstić information content (AvgIpc) is 2.54. The van der Waals surface area contributed by atoms with E-state index in [1.165, 1.54) is 0 Å². The highest BCUT2D eigenvalue weighted by molar-refractivity contribution is 7.99. The smallest absolute Gasteiger partial charge is 0.115 e. The molecule has 0 saturated carbocycles. The van der Waals surface area contributed by atoms with E-state index < -0.39 is 0 Å². The fourth-order valence-corrected chi connectivity index (χ4v) is 3.51. The van der Waals surface area contributed by atoms with Gasteiger partial charge in [-0.2, -0.15) is 0 Å². The Morgan fingerprint density at radius 3 is 0.909 bits per heavy atom. The van der Waals surface area contributed by atoms with Crippen LogP contribution in [0.2, 0.25) is 0 Å². The first-order valence-corrected chi connectivity index (χ1v) is 8.36. The largest absolute Gasteiger partial charge is 0.508 e. The van der Waals surface area contributed by atoms with Crippen LogP contribution in [0, 0.1) is 0 Å². The molecule has 0 unspecified atom stereocenters. The first-order chi connectivity index (χ1) is 10.7. The van der Waals surface area contributed by atoms with Crippen LogP contribution in [-0.2, 0) is 0 Å². The molecule has 0 radical (unpaired) electrons. The van der Waals surface area contributed by atoms with E-state index in [0.717, 1.165) is 19.6 Å². The molecule has 0 fully saturated rings. The van der Waals surface area contributed by atoms with Gasteiger partial charge in [-0.3, -0.25) is 0 Å². The minimum absolute atomic E-state index is 0.282. The molecule has 0 spiro atoms. The molecule has 0 heterocycles. The topological polar surface area (TPSA) is 40.5 Å². The van der Waals surface area contributed by atoms with E-state index in [0.29, 0.717) is 0 Å². The quantitative estimate of drug-likeness (QED) is 0.673. The zero-order valence-corrected chi connectivity index (χ0v) is 13.3. The fourth-order valence-electron chi connectivity index (χ4n) is 1.88. The SMILES string of the molecule is Oc1ccc(Sc2ccc(Sc3ccc(O)cc3)cc2)cc1. The Morgan fingerprint density at radius 2 is 0.636 bits per heavy atom. The van der Waals surface area contributed by atoms with Crippen LogP contribution < -0.4 is 0 Å². The molecule has 110 valence electrons. The van der Waals surface area contributed by atoms with Crippen molar-refractivity contribution in [2.24, 2.45) is 0 Å². The lowest BCUT2D eigenvalue weighted by molar-refractivity contribution is 0.474. The van der Waals surface area contributed by atoms with Crippen molar-refractivity contribution in [2.75, 3.05) is 0 Å². The van der Waals surface area contributed by atoms with E-state index in [9.17, 15) is 10.2 Å². The summed E-state index contributed by atoms with van der Waals surface area (Å²) in [5.41, 5.74) is 0.